The van der Waals surface area contributed by atoms with Crippen LogP contribution in [0.4, 0.5) is 0 Å². The van der Waals surface area contributed by atoms with E-state index in [1.54, 1.807) is 17.0 Å². The van der Waals surface area contributed by atoms with Gasteiger partial charge in [0.2, 0.25) is 11.8 Å². The van der Waals surface area contributed by atoms with E-state index in [0.717, 1.165) is 27.4 Å². The molecule has 1 amide bonds. The predicted molar refractivity (Wildman–Crippen MR) is 108 cm³/mol. The van der Waals surface area contributed by atoms with E-state index in [1.807, 2.05) is 42.5 Å². The van der Waals surface area contributed by atoms with Crippen LogP contribution in [0.2, 0.25) is 0 Å². The SMILES string of the molecule is C=CC(=O)N1CC(c2ccc3nc(-c4cc(O)cc5ccccc45)oc3c2)C1. The zero-order chi connectivity index (χ0) is 19.3. The van der Waals surface area contributed by atoms with Gasteiger partial charge in [-0.3, -0.25) is 4.79 Å². The molecule has 2 heterocycles. The first-order valence-electron chi connectivity index (χ1n) is 9.16. The highest BCUT2D eigenvalue weighted by Crippen LogP contribution is 2.35. The molecule has 5 rings (SSSR count). The van der Waals surface area contributed by atoms with Crippen LogP contribution >= 0.6 is 0 Å². The van der Waals surface area contributed by atoms with Gasteiger partial charge in [-0.15, -0.1) is 0 Å². The highest BCUT2D eigenvalue weighted by Gasteiger charge is 2.30. The number of fused-ring (bicyclic) bond motifs is 2. The molecule has 0 bridgehead atoms. The Balaban J connectivity index is 1.52. The van der Waals surface area contributed by atoms with E-state index in [2.05, 4.69) is 11.6 Å². The maximum atomic E-state index is 11.6. The van der Waals surface area contributed by atoms with Gasteiger partial charge >= 0.3 is 0 Å². The number of aromatic nitrogens is 1. The molecule has 1 aliphatic rings. The number of rotatable bonds is 3. The zero-order valence-corrected chi connectivity index (χ0v) is 15.1. The lowest BCUT2D eigenvalue weighted by molar-refractivity contribution is -0.130. The monoisotopic (exact) mass is 370 g/mol. The molecular formula is C23H18N2O3. The van der Waals surface area contributed by atoms with Gasteiger partial charge in [0.25, 0.3) is 0 Å². The molecule has 0 saturated carbocycles. The summed E-state index contributed by atoms with van der Waals surface area (Å²) in [7, 11) is 0. The highest BCUT2D eigenvalue weighted by atomic mass is 16.3. The first-order chi connectivity index (χ1) is 13.6. The number of oxazole rings is 1. The molecule has 28 heavy (non-hydrogen) atoms. The van der Waals surface area contributed by atoms with Crippen molar-refractivity contribution in [3.8, 4) is 17.2 Å². The largest absolute Gasteiger partial charge is 0.508 e. The summed E-state index contributed by atoms with van der Waals surface area (Å²) in [5, 5.41) is 12.0. The van der Waals surface area contributed by atoms with E-state index < -0.39 is 0 Å². The second-order valence-corrected chi connectivity index (χ2v) is 7.10. The van der Waals surface area contributed by atoms with Crippen molar-refractivity contribution >= 4 is 27.8 Å². The van der Waals surface area contributed by atoms with E-state index in [1.165, 1.54) is 6.08 Å². The molecule has 3 aromatic carbocycles. The molecule has 5 heteroatoms. The summed E-state index contributed by atoms with van der Waals surface area (Å²) >= 11 is 0. The maximum absolute atomic E-state index is 11.6. The van der Waals surface area contributed by atoms with Crippen LogP contribution in [0.1, 0.15) is 11.5 Å². The van der Waals surface area contributed by atoms with E-state index in [9.17, 15) is 9.90 Å². The van der Waals surface area contributed by atoms with Gasteiger partial charge < -0.3 is 14.4 Å². The molecule has 1 fully saturated rings. The number of hydrogen-bond acceptors (Lipinski definition) is 4. The number of hydrogen-bond donors (Lipinski definition) is 1. The minimum absolute atomic E-state index is 0.0324. The van der Waals surface area contributed by atoms with Gasteiger partial charge in [-0.05, 0) is 46.7 Å². The lowest BCUT2D eigenvalue weighted by Gasteiger charge is -2.38. The van der Waals surface area contributed by atoms with Crippen LogP contribution < -0.4 is 0 Å². The Morgan fingerprint density at radius 3 is 2.82 bits per heavy atom. The maximum Gasteiger partial charge on any atom is 0.245 e. The van der Waals surface area contributed by atoms with Crippen LogP contribution in [0.3, 0.4) is 0 Å². The van der Waals surface area contributed by atoms with Crippen molar-refractivity contribution in [2.75, 3.05) is 13.1 Å². The molecule has 4 aromatic rings. The number of phenolic OH excluding ortho intramolecular Hbond substituents is 1. The van der Waals surface area contributed by atoms with Gasteiger partial charge in [0.15, 0.2) is 5.58 Å². The second-order valence-electron chi connectivity index (χ2n) is 7.10. The Hall–Kier alpha value is -3.60. The summed E-state index contributed by atoms with van der Waals surface area (Å²) in [6.45, 7) is 4.91. The van der Waals surface area contributed by atoms with Crippen LogP contribution in [0.25, 0.3) is 33.3 Å². The third-order valence-corrected chi connectivity index (χ3v) is 5.33. The lowest BCUT2D eigenvalue weighted by atomic mass is 9.91. The number of benzene rings is 3. The van der Waals surface area contributed by atoms with Crippen molar-refractivity contribution in [2.24, 2.45) is 0 Å². The topological polar surface area (TPSA) is 66.6 Å². The first kappa shape index (κ1) is 16.6. The van der Waals surface area contributed by atoms with Gasteiger partial charge in [0, 0.05) is 24.6 Å². The number of amides is 1. The van der Waals surface area contributed by atoms with Crippen LogP contribution in [-0.4, -0.2) is 34.0 Å². The summed E-state index contributed by atoms with van der Waals surface area (Å²) in [4.78, 5) is 18.0. The summed E-state index contributed by atoms with van der Waals surface area (Å²) < 4.78 is 6.05. The number of likely N-dealkylation sites (tertiary alicyclic amines) is 1. The smallest absolute Gasteiger partial charge is 0.245 e. The van der Waals surface area contributed by atoms with E-state index in [4.69, 9.17) is 4.42 Å². The van der Waals surface area contributed by atoms with Gasteiger partial charge in [-0.25, -0.2) is 4.98 Å². The quantitative estimate of drug-likeness (QED) is 0.541. The number of phenols is 1. The average Bonchev–Trinajstić information content (AvgIpc) is 3.09. The molecule has 1 aliphatic heterocycles. The lowest BCUT2D eigenvalue weighted by Crippen LogP contribution is -2.47. The van der Waals surface area contributed by atoms with Crippen molar-refractivity contribution in [1.29, 1.82) is 0 Å². The Morgan fingerprint density at radius 1 is 1.18 bits per heavy atom. The van der Waals surface area contributed by atoms with Crippen LogP contribution in [0.15, 0.2) is 71.7 Å². The number of aromatic hydroxyl groups is 1. The molecule has 0 radical (unpaired) electrons. The minimum Gasteiger partial charge on any atom is -0.508 e. The van der Waals surface area contributed by atoms with Crippen molar-refractivity contribution in [3.63, 3.8) is 0 Å². The normalized spacial score (nSPS) is 14.4. The molecular weight excluding hydrogens is 352 g/mol. The Morgan fingerprint density at radius 2 is 2.00 bits per heavy atom. The fraction of sp³-hybridized carbons (Fsp3) is 0.130. The molecule has 5 nitrogen and oxygen atoms in total. The average molecular weight is 370 g/mol. The Kier molecular flexibility index (Phi) is 3.69. The molecule has 0 spiro atoms. The van der Waals surface area contributed by atoms with Crippen molar-refractivity contribution in [3.05, 3.63) is 72.8 Å². The summed E-state index contributed by atoms with van der Waals surface area (Å²) in [5.74, 6) is 0.924. The molecule has 0 atom stereocenters. The fourth-order valence-corrected chi connectivity index (χ4v) is 3.78. The molecule has 1 aromatic heterocycles. The fourth-order valence-electron chi connectivity index (χ4n) is 3.78. The molecule has 0 unspecified atom stereocenters. The predicted octanol–water partition coefficient (Wildman–Crippen LogP) is 4.47. The zero-order valence-electron chi connectivity index (χ0n) is 15.1. The van der Waals surface area contributed by atoms with Gasteiger partial charge in [-0.2, -0.15) is 0 Å². The molecule has 1 N–H and O–H groups in total. The Labute approximate surface area is 161 Å². The van der Waals surface area contributed by atoms with Gasteiger partial charge in [0.05, 0.1) is 0 Å². The minimum atomic E-state index is -0.0324. The van der Waals surface area contributed by atoms with Crippen LogP contribution in [-0.2, 0) is 4.79 Å². The van der Waals surface area contributed by atoms with E-state index in [0.29, 0.717) is 30.5 Å². The van der Waals surface area contributed by atoms with Crippen molar-refractivity contribution in [1.82, 2.24) is 9.88 Å². The number of nitrogens with zero attached hydrogens (tertiary/aromatic N) is 2. The summed E-state index contributed by atoms with van der Waals surface area (Å²) in [5.41, 5.74) is 3.36. The molecule has 0 aliphatic carbocycles. The highest BCUT2D eigenvalue weighted by molar-refractivity contribution is 5.97. The standard InChI is InChI=1S/C23H18N2O3/c1-2-22(27)25-12-16(13-25)14-7-8-20-21(10-14)28-23(24-20)19-11-17(26)9-15-5-3-4-6-18(15)19/h2-11,16,26H,1,12-13H2. The van der Waals surface area contributed by atoms with Crippen LogP contribution in [0, 0.1) is 0 Å². The summed E-state index contributed by atoms with van der Waals surface area (Å²) in [6, 6.07) is 17.2. The van der Waals surface area contributed by atoms with E-state index in [-0.39, 0.29) is 11.7 Å². The molecule has 138 valence electrons. The van der Waals surface area contributed by atoms with Gasteiger partial charge in [0.1, 0.15) is 11.3 Å². The van der Waals surface area contributed by atoms with E-state index >= 15 is 0 Å². The van der Waals surface area contributed by atoms with Crippen molar-refractivity contribution in [2.45, 2.75) is 5.92 Å². The third kappa shape index (κ3) is 2.63. The van der Waals surface area contributed by atoms with Crippen molar-refractivity contribution < 1.29 is 14.3 Å². The number of carbonyl (C=O) groups excluding carboxylic acids is 1. The summed E-state index contributed by atoms with van der Waals surface area (Å²) in [6.07, 6.45) is 1.35. The number of carbonyl (C=O) groups is 1. The van der Waals surface area contributed by atoms with Gasteiger partial charge in [-0.1, -0.05) is 36.9 Å². The second kappa shape index (κ2) is 6.23. The Bertz CT molecular complexity index is 1240. The molecule has 1 saturated heterocycles. The van der Waals surface area contributed by atoms with Crippen LogP contribution in [0.5, 0.6) is 5.75 Å². The first-order valence-corrected chi connectivity index (χ1v) is 9.16. The third-order valence-electron chi connectivity index (χ3n) is 5.33.